The van der Waals surface area contributed by atoms with Crippen LogP contribution in [0.2, 0.25) is 0 Å². The van der Waals surface area contributed by atoms with Crippen molar-refractivity contribution in [2.75, 3.05) is 11.1 Å². The van der Waals surface area contributed by atoms with Crippen molar-refractivity contribution in [1.82, 2.24) is 29.3 Å². The van der Waals surface area contributed by atoms with E-state index in [0.29, 0.717) is 42.0 Å². The highest BCUT2D eigenvalue weighted by atomic mass is 15.4. The quantitative estimate of drug-likeness (QED) is 0.450. The van der Waals surface area contributed by atoms with Crippen molar-refractivity contribution in [1.29, 1.82) is 0 Å². The number of aromatic nitrogens is 6. The van der Waals surface area contributed by atoms with E-state index in [0.717, 1.165) is 24.1 Å². The highest BCUT2D eigenvalue weighted by molar-refractivity contribution is 5.84. The summed E-state index contributed by atoms with van der Waals surface area (Å²) >= 11 is 0. The lowest BCUT2D eigenvalue weighted by atomic mass is 10.1. The fourth-order valence-electron chi connectivity index (χ4n) is 3.13. The highest BCUT2D eigenvalue weighted by Crippen LogP contribution is 2.23. The van der Waals surface area contributed by atoms with Crippen molar-refractivity contribution in [2.45, 2.75) is 33.0 Å². The molecule has 3 heterocycles. The Hall–Kier alpha value is -3.46. The maximum absolute atomic E-state index is 6.19. The summed E-state index contributed by atoms with van der Waals surface area (Å²) in [7, 11) is 0. The molecule has 5 N–H and O–H groups in total. The van der Waals surface area contributed by atoms with E-state index in [-0.39, 0.29) is 0 Å². The first-order valence-corrected chi connectivity index (χ1v) is 9.25. The SMILES string of the molecule is CCCn1c(-n2cccn2)nc2c(N)nc(NCc3cccc(CN)c3)nc21. The van der Waals surface area contributed by atoms with E-state index in [1.165, 1.54) is 0 Å². The Morgan fingerprint density at radius 3 is 2.71 bits per heavy atom. The van der Waals surface area contributed by atoms with Gasteiger partial charge in [0.1, 0.15) is 0 Å². The first kappa shape index (κ1) is 17.9. The molecule has 0 atom stereocenters. The summed E-state index contributed by atoms with van der Waals surface area (Å²) in [5.41, 5.74) is 15.4. The van der Waals surface area contributed by atoms with E-state index in [1.54, 1.807) is 10.9 Å². The van der Waals surface area contributed by atoms with Crippen molar-refractivity contribution < 1.29 is 0 Å². The summed E-state index contributed by atoms with van der Waals surface area (Å²) < 4.78 is 3.72. The van der Waals surface area contributed by atoms with Crippen molar-refractivity contribution >= 4 is 22.9 Å². The van der Waals surface area contributed by atoms with Gasteiger partial charge in [-0.15, -0.1) is 0 Å². The van der Waals surface area contributed by atoms with Crippen LogP contribution in [0.4, 0.5) is 11.8 Å². The second kappa shape index (κ2) is 7.65. The van der Waals surface area contributed by atoms with Crippen molar-refractivity contribution in [3.8, 4) is 5.95 Å². The van der Waals surface area contributed by atoms with Crippen LogP contribution in [-0.2, 0) is 19.6 Å². The number of aryl methyl sites for hydroxylation is 1. The van der Waals surface area contributed by atoms with E-state index >= 15 is 0 Å². The minimum Gasteiger partial charge on any atom is -0.382 e. The Kier molecular flexibility index (Phi) is 4.90. The number of anilines is 2. The van der Waals surface area contributed by atoms with Crippen LogP contribution in [-0.4, -0.2) is 29.3 Å². The molecular formula is C19H23N9. The molecule has 4 aromatic rings. The molecule has 144 valence electrons. The van der Waals surface area contributed by atoms with Gasteiger partial charge in [0.25, 0.3) is 0 Å². The first-order chi connectivity index (χ1) is 13.7. The number of nitrogen functional groups attached to an aromatic ring is 1. The lowest BCUT2D eigenvalue weighted by Crippen LogP contribution is -2.09. The predicted molar refractivity (Wildman–Crippen MR) is 109 cm³/mol. The third kappa shape index (κ3) is 3.39. The standard InChI is InChI=1S/C19H23N9/c1-2-8-27-17-15(24-19(27)28-9-4-7-23-28)16(21)25-18(26-17)22-12-14-6-3-5-13(10-14)11-20/h3-7,9-10H,2,8,11-12,20H2,1H3,(H3,21,22,25,26). The molecule has 0 bridgehead atoms. The van der Waals surface area contributed by atoms with E-state index in [9.17, 15) is 0 Å². The van der Waals surface area contributed by atoms with Crippen LogP contribution in [0.5, 0.6) is 0 Å². The second-order valence-corrected chi connectivity index (χ2v) is 6.50. The molecule has 9 heteroatoms. The summed E-state index contributed by atoms with van der Waals surface area (Å²) in [4.78, 5) is 13.7. The Bertz CT molecular complexity index is 1080. The van der Waals surface area contributed by atoms with Crippen LogP contribution < -0.4 is 16.8 Å². The third-order valence-electron chi connectivity index (χ3n) is 4.44. The highest BCUT2D eigenvalue weighted by Gasteiger charge is 2.17. The number of hydrogen-bond donors (Lipinski definition) is 3. The zero-order valence-corrected chi connectivity index (χ0v) is 15.7. The van der Waals surface area contributed by atoms with Crippen LogP contribution in [0.3, 0.4) is 0 Å². The number of benzene rings is 1. The number of fused-ring (bicyclic) bond motifs is 1. The molecule has 0 saturated carbocycles. The molecule has 4 rings (SSSR count). The Morgan fingerprint density at radius 2 is 1.96 bits per heavy atom. The molecule has 0 saturated heterocycles. The number of rotatable bonds is 7. The molecule has 0 aliphatic heterocycles. The first-order valence-electron chi connectivity index (χ1n) is 9.25. The zero-order chi connectivity index (χ0) is 19.5. The summed E-state index contributed by atoms with van der Waals surface area (Å²) in [6.07, 6.45) is 4.49. The van der Waals surface area contributed by atoms with E-state index < -0.39 is 0 Å². The van der Waals surface area contributed by atoms with Gasteiger partial charge >= 0.3 is 0 Å². The van der Waals surface area contributed by atoms with Crippen LogP contribution >= 0.6 is 0 Å². The van der Waals surface area contributed by atoms with Gasteiger partial charge in [0.2, 0.25) is 11.9 Å². The largest absolute Gasteiger partial charge is 0.382 e. The van der Waals surface area contributed by atoms with Crippen molar-refractivity contribution in [2.24, 2.45) is 5.73 Å². The molecule has 28 heavy (non-hydrogen) atoms. The minimum atomic E-state index is 0.339. The second-order valence-electron chi connectivity index (χ2n) is 6.50. The Labute approximate surface area is 162 Å². The lowest BCUT2D eigenvalue weighted by Gasteiger charge is -2.09. The zero-order valence-electron chi connectivity index (χ0n) is 15.7. The molecule has 0 fully saturated rings. The molecule has 0 unspecified atom stereocenters. The summed E-state index contributed by atoms with van der Waals surface area (Å²) in [6, 6.07) is 9.94. The number of nitrogens with zero attached hydrogens (tertiary/aromatic N) is 6. The molecule has 0 radical (unpaired) electrons. The van der Waals surface area contributed by atoms with Gasteiger partial charge in [0.05, 0.1) is 0 Å². The van der Waals surface area contributed by atoms with Gasteiger partial charge in [-0.1, -0.05) is 31.2 Å². The fraction of sp³-hybridized carbons (Fsp3) is 0.263. The molecule has 0 spiro atoms. The summed E-state index contributed by atoms with van der Waals surface area (Å²) in [5, 5.41) is 7.54. The van der Waals surface area contributed by atoms with Gasteiger partial charge in [-0.3, -0.25) is 4.57 Å². The number of nitrogens with one attached hydrogen (secondary N) is 1. The van der Waals surface area contributed by atoms with E-state index in [1.807, 2.05) is 35.0 Å². The van der Waals surface area contributed by atoms with Gasteiger partial charge in [-0.05, 0) is 23.6 Å². The van der Waals surface area contributed by atoms with Gasteiger partial charge in [-0.2, -0.15) is 15.1 Å². The fourth-order valence-corrected chi connectivity index (χ4v) is 3.13. The maximum atomic E-state index is 6.19. The normalized spacial score (nSPS) is 11.2. The van der Waals surface area contributed by atoms with Crippen LogP contribution in [0.15, 0.2) is 42.7 Å². The monoisotopic (exact) mass is 377 g/mol. The lowest BCUT2D eigenvalue weighted by molar-refractivity contribution is 0.647. The Balaban J connectivity index is 1.69. The van der Waals surface area contributed by atoms with Gasteiger partial charge in [0, 0.05) is 32.0 Å². The van der Waals surface area contributed by atoms with Gasteiger partial charge in [0.15, 0.2) is 17.0 Å². The molecule has 3 aromatic heterocycles. The van der Waals surface area contributed by atoms with Gasteiger partial charge in [-0.25, -0.2) is 9.67 Å². The molecule has 0 amide bonds. The average Bonchev–Trinajstić information content (AvgIpc) is 3.36. The van der Waals surface area contributed by atoms with Crippen LogP contribution in [0, 0.1) is 0 Å². The Morgan fingerprint density at radius 1 is 1.11 bits per heavy atom. The molecular weight excluding hydrogens is 354 g/mol. The smallest absolute Gasteiger partial charge is 0.233 e. The van der Waals surface area contributed by atoms with Crippen molar-refractivity contribution in [3.05, 3.63) is 53.9 Å². The molecule has 9 nitrogen and oxygen atoms in total. The number of nitrogens with two attached hydrogens (primary N) is 2. The molecule has 0 aliphatic carbocycles. The summed E-state index contributed by atoms with van der Waals surface area (Å²) in [6.45, 7) is 3.94. The number of hydrogen-bond acceptors (Lipinski definition) is 7. The maximum Gasteiger partial charge on any atom is 0.233 e. The predicted octanol–water partition coefficient (Wildman–Crippen LogP) is 2.08. The van der Waals surface area contributed by atoms with Gasteiger partial charge < -0.3 is 16.8 Å². The van der Waals surface area contributed by atoms with E-state index in [4.69, 9.17) is 11.5 Å². The molecule has 0 aliphatic rings. The van der Waals surface area contributed by atoms with E-state index in [2.05, 4.69) is 38.4 Å². The third-order valence-corrected chi connectivity index (χ3v) is 4.44. The van der Waals surface area contributed by atoms with Crippen molar-refractivity contribution in [3.63, 3.8) is 0 Å². The summed E-state index contributed by atoms with van der Waals surface area (Å²) in [5.74, 6) is 1.48. The van der Waals surface area contributed by atoms with Crippen LogP contribution in [0.25, 0.3) is 17.1 Å². The topological polar surface area (TPSA) is 125 Å². The number of imidazole rings is 1. The average molecular weight is 377 g/mol. The molecule has 1 aromatic carbocycles. The minimum absolute atomic E-state index is 0.339. The van der Waals surface area contributed by atoms with Crippen LogP contribution in [0.1, 0.15) is 24.5 Å².